The van der Waals surface area contributed by atoms with E-state index in [0.29, 0.717) is 18.9 Å². The molecule has 11 nitrogen and oxygen atoms in total. The fourth-order valence-corrected chi connectivity index (χ4v) is 29.8. The van der Waals surface area contributed by atoms with Crippen LogP contribution in [-0.4, -0.2) is 102 Å². The van der Waals surface area contributed by atoms with E-state index in [0.717, 1.165) is 6.04 Å². The molecule has 0 aromatic carbocycles. The van der Waals surface area contributed by atoms with E-state index < -0.39 is 61.9 Å². The molecule has 0 spiro atoms. The topological polar surface area (TPSA) is 125 Å². The molecule has 242 valence electrons. The molecule has 1 unspecified atom stereocenters. The summed E-state index contributed by atoms with van der Waals surface area (Å²) in [4.78, 5) is 23.6. The van der Waals surface area contributed by atoms with E-state index in [4.69, 9.17) is 36.0 Å². The fourth-order valence-electron chi connectivity index (χ4n) is 4.06. The summed E-state index contributed by atoms with van der Waals surface area (Å²) < 4.78 is 57.0. The highest BCUT2D eigenvalue weighted by Crippen LogP contribution is 2.25. The van der Waals surface area contributed by atoms with Crippen molar-refractivity contribution < 1.29 is 50.1 Å². The number of hydrogen-bond donors (Lipinski definition) is 0. The first kappa shape index (κ1) is 40.5. The molecule has 17 heteroatoms. The summed E-state index contributed by atoms with van der Waals surface area (Å²) in [6, 6.07) is 1.42. The summed E-state index contributed by atoms with van der Waals surface area (Å²) in [7, 11) is -11.8. The first-order valence-corrected chi connectivity index (χ1v) is 32.6. The van der Waals surface area contributed by atoms with Gasteiger partial charge in [-0.2, -0.15) is 0 Å². The van der Waals surface area contributed by atoms with Crippen molar-refractivity contribution in [1.29, 1.82) is 0 Å². The normalized spacial score (nSPS) is 14.2. The van der Waals surface area contributed by atoms with Crippen molar-refractivity contribution in [3.05, 3.63) is 0 Å². The van der Waals surface area contributed by atoms with Crippen LogP contribution in [0.4, 0.5) is 9.59 Å². The number of hydrogen-bond acceptors (Lipinski definition) is 11. The average molecular weight is 689 g/mol. The molecular weight excluding hydrogens is 633 g/mol. The maximum atomic E-state index is 12.3. The molecule has 0 fully saturated rings. The van der Waals surface area contributed by atoms with Gasteiger partial charge in [0.2, 0.25) is 7.83 Å². The molecule has 0 radical (unpaired) electrons. The van der Waals surface area contributed by atoms with Crippen molar-refractivity contribution in [2.45, 2.75) is 103 Å². The van der Waals surface area contributed by atoms with Gasteiger partial charge in [-0.1, -0.05) is 0 Å². The van der Waals surface area contributed by atoms with Gasteiger partial charge in [-0.3, -0.25) is 0 Å². The highest BCUT2D eigenvalue weighted by Gasteiger charge is 2.41. The molecule has 1 atom stereocenters. The van der Waals surface area contributed by atoms with E-state index in [-0.39, 0.29) is 39.6 Å². The molecule has 0 rings (SSSR count). The Bertz CT molecular complexity index is 795. The van der Waals surface area contributed by atoms with Crippen molar-refractivity contribution in [2.24, 2.45) is 0 Å². The smallest absolute Gasteiger partial charge is 0.453 e. The van der Waals surface area contributed by atoms with Crippen LogP contribution in [0, 0.1) is 0 Å². The molecule has 0 N–H and O–H groups in total. The van der Waals surface area contributed by atoms with Gasteiger partial charge in [-0.25, -0.2) is 9.59 Å². The summed E-state index contributed by atoms with van der Waals surface area (Å²) in [6.07, 6.45) is -0.312. The van der Waals surface area contributed by atoms with Gasteiger partial charge in [-0.15, -0.1) is 0 Å². The quantitative estimate of drug-likeness (QED) is 0.0753. The summed E-state index contributed by atoms with van der Waals surface area (Å²) in [5.41, 5.74) is 0. The Morgan fingerprint density at radius 1 is 0.537 bits per heavy atom. The first-order valence-electron chi connectivity index (χ1n) is 14.3. The second kappa shape index (κ2) is 18.3. The van der Waals surface area contributed by atoms with E-state index in [1.807, 2.05) is 6.55 Å². The second-order valence-corrected chi connectivity index (χ2v) is 40.5. The number of carbonyl (C=O) groups excluding carboxylic acids is 2. The lowest BCUT2D eigenvalue weighted by molar-refractivity contribution is 0.00612. The fraction of sp³-hybridized carbons (Fsp3) is 0.917. The van der Waals surface area contributed by atoms with Crippen LogP contribution in [0.2, 0.25) is 90.7 Å². The lowest BCUT2D eigenvalue weighted by Gasteiger charge is -2.38. The minimum atomic E-state index is -2.36. The third kappa shape index (κ3) is 22.7. The van der Waals surface area contributed by atoms with Crippen molar-refractivity contribution in [1.82, 2.24) is 0 Å². The molecule has 0 aliphatic carbocycles. The lowest BCUT2D eigenvalue weighted by atomic mass is 10.5. The van der Waals surface area contributed by atoms with Crippen molar-refractivity contribution in [3.8, 4) is 0 Å². The lowest BCUT2D eigenvalue weighted by Crippen LogP contribution is -2.52. The molecule has 41 heavy (non-hydrogen) atoms. The molecule has 0 aliphatic rings. The molecule has 0 saturated heterocycles. The van der Waals surface area contributed by atoms with E-state index in [2.05, 4.69) is 65.5 Å². The number of carbonyl (C=O) groups is 2. The van der Waals surface area contributed by atoms with Gasteiger partial charge in [0.1, 0.15) is 13.2 Å². The Hall–Kier alpha value is -0.519. The Labute approximate surface area is 254 Å². The predicted molar refractivity (Wildman–Crippen MR) is 173 cm³/mol. The Balaban J connectivity index is 4.02. The molecule has 0 amide bonds. The van der Waals surface area contributed by atoms with E-state index in [1.165, 1.54) is 0 Å². The predicted octanol–water partition coefficient (Wildman–Crippen LogP) is 6.42. The van der Waals surface area contributed by atoms with Crippen LogP contribution < -0.4 is 0 Å². The Kier molecular flexibility index (Phi) is 18.1. The zero-order chi connectivity index (χ0) is 32.0. The van der Waals surface area contributed by atoms with Gasteiger partial charge in [0.05, 0.1) is 26.4 Å². The van der Waals surface area contributed by atoms with Gasteiger partial charge in [0.25, 0.3) is 8.20 Å². The van der Waals surface area contributed by atoms with Crippen molar-refractivity contribution >= 4 is 61.9 Å². The van der Waals surface area contributed by atoms with E-state index in [9.17, 15) is 14.1 Å². The standard InChI is InChI=1S/C24H56O11Si6/c1-36(27)41(12,35-39(8,9)10)22-14-16-30-24(26)32-20-18-28-17-19-31-23(25)29-15-13-21-40(11,33-37(2,3)4)34-38(5,6)7/h13-22H2,1-12H3. The number of rotatable bonds is 21. The largest absolute Gasteiger partial charge is 0.508 e. The summed E-state index contributed by atoms with van der Waals surface area (Å²) in [5, 5.41) is 0. The first-order chi connectivity index (χ1) is 18.6. The van der Waals surface area contributed by atoms with Crippen LogP contribution in [-0.2, 0) is 40.5 Å². The van der Waals surface area contributed by atoms with E-state index in [1.54, 1.807) is 6.55 Å². The third-order valence-electron chi connectivity index (χ3n) is 5.23. The number of ether oxygens (including phenoxy) is 5. The Morgan fingerprint density at radius 3 is 1.27 bits per heavy atom. The zero-order valence-corrected chi connectivity index (χ0v) is 33.6. The van der Waals surface area contributed by atoms with Gasteiger partial charge in [-0.05, 0) is 103 Å². The van der Waals surface area contributed by atoms with Gasteiger partial charge in [0, 0.05) is 0 Å². The van der Waals surface area contributed by atoms with Crippen molar-refractivity contribution in [3.63, 3.8) is 0 Å². The highest BCUT2D eigenvalue weighted by atomic mass is 29.2. The average Bonchev–Trinajstić information content (AvgIpc) is 2.75. The van der Waals surface area contributed by atoms with Gasteiger partial charge >= 0.3 is 20.9 Å². The van der Waals surface area contributed by atoms with Crippen LogP contribution in [0.25, 0.3) is 0 Å². The molecule has 0 aliphatic heterocycles. The van der Waals surface area contributed by atoms with Crippen LogP contribution in [0.15, 0.2) is 0 Å². The molecular formula is C24H56O11Si6. The van der Waals surface area contributed by atoms with Crippen LogP contribution in [0.1, 0.15) is 12.8 Å². The highest BCUT2D eigenvalue weighted by molar-refractivity contribution is 7.25. The Morgan fingerprint density at radius 2 is 0.902 bits per heavy atom. The second-order valence-electron chi connectivity index (χ2n) is 13.3. The van der Waals surface area contributed by atoms with E-state index >= 15 is 0 Å². The minimum absolute atomic E-state index is 0.0127. The minimum Gasteiger partial charge on any atom is -0.453 e. The summed E-state index contributed by atoms with van der Waals surface area (Å²) in [6.45, 7) is 25.8. The van der Waals surface area contributed by atoms with Crippen molar-refractivity contribution in [2.75, 3.05) is 39.6 Å². The molecule has 0 heterocycles. The maximum Gasteiger partial charge on any atom is 0.508 e. The van der Waals surface area contributed by atoms with Gasteiger partial charge in [0.15, 0.2) is 25.0 Å². The maximum absolute atomic E-state index is 12.3. The molecule has 0 saturated carbocycles. The SMILES string of the molecule is C[Si](=O)[Si](C)(CCCOC(=O)OCCOCCOC(=O)OCCC[Si](C)(O[Si](C)(C)C)O[Si](C)(C)C)O[Si](C)(C)C. The zero-order valence-electron chi connectivity index (χ0n) is 27.6. The van der Waals surface area contributed by atoms with Gasteiger partial charge < -0.3 is 40.5 Å². The summed E-state index contributed by atoms with van der Waals surface area (Å²) in [5.74, 6) is 0. The summed E-state index contributed by atoms with van der Waals surface area (Å²) >= 11 is 0. The van der Waals surface area contributed by atoms with Crippen LogP contribution >= 0.6 is 0 Å². The van der Waals surface area contributed by atoms with Crippen LogP contribution in [0.5, 0.6) is 0 Å². The monoisotopic (exact) mass is 688 g/mol. The molecule has 0 aromatic rings. The third-order valence-corrected chi connectivity index (χ3v) is 28.0. The molecule has 0 bridgehead atoms. The molecule has 0 aromatic heterocycles. The van der Waals surface area contributed by atoms with Crippen LogP contribution in [0.3, 0.4) is 0 Å².